The number of ether oxygens (including phenoxy) is 1. The molecule has 0 aliphatic heterocycles. The summed E-state index contributed by atoms with van der Waals surface area (Å²) in [6.07, 6.45) is 5.61. The SMILES string of the molecule is CCCCCCN=C(NCC)NCCc1ccc(OC)cc1O.I. The molecule has 0 atom stereocenters. The van der Waals surface area contributed by atoms with E-state index in [-0.39, 0.29) is 29.7 Å². The summed E-state index contributed by atoms with van der Waals surface area (Å²) in [4.78, 5) is 4.58. The Labute approximate surface area is 163 Å². The highest BCUT2D eigenvalue weighted by Crippen LogP contribution is 2.23. The molecule has 1 aromatic rings. The molecular formula is C18H32IN3O2. The third kappa shape index (κ3) is 9.20. The van der Waals surface area contributed by atoms with Gasteiger partial charge in [-0.2, -0.15) is 0 Å². The Morgan fingerprint density at radius 2 is 1.96 bits per heavy atom. The van der Waals surface area contributed by atoms with Gasteiger partial charge in [0.25, 0.3) is 0 Å². The van der Waals surface area contributed by atoms with Crippen molar-refractivity contribution in [2.24, 2.45) is 4.99 Å². The number of benzene rings is 1. The van der Waals surface area contributed by atoms with E-state index in [4.69, 9.17) is 4.74 Å². The molecule has 0 heterocycles. The fourth-order valence-electron chi connectivity index (χ4n) is 2.27. The Balaban J connectivity index is 0.00000529. The lowest BCUT2D eigenvalue weighted by Crippen LogP contribution is -2.38. The highest BCUT2D eigenvalue weighted by Gasteiger charge is 2.04. The summed E-state index contributed by atoms with van der Waals surface area (Å²) in [6.45, 7) is 6.69. The summed E-state index contributed by atoms with van der Waals surface area (Å²) < 4.78 is 5.09. The van der Waals surface area contributed by atoms with Gasteiger partial charge in [0, 0.05) is 25.7 Å². The number of methoxy groups -OCH3 is 1. The normalized spacial score (nSPS) is 10.9. The highest BCUT2D eigenvalue weighted by atomic mass is 127. The highest BCUT2D eigenvalue weighted by molar-refractivity contribution is 14.0. The van der Waals surface area contributed by atoms with Gasteiger partial charge in [-0.05, 0) is 31.4 Å². The maximum atomic E-state index is 9.96. The predicted molar refractivity (Wildman–Crippen MR) is 112 cm³/mol. The van der Waals surface area contributed by atoms with Gasteiger partial charge in [-0.25, -0.2) is 0 Å². The van der Waals surface area contributed by atoms with E-state index in [2.05, 4.69) is 29.5 Å². The zero-order valence-corrected chi connectivity index (χ0v) is 17.4. The minimum absolute atomic E-state index is 0. The predicted octanol–water partition coefficient (Wildman–Crippen LogP) is 3.70. The van der Waals surface area contributed by atoms with Crippen LogP contribution in [0.25, 0.3) is 0 Å². The topological polar surface area (TPSA) is 65.9 Å². The van der Waals surface area contributed by atoms with Crippen molar-refractivity contribution >= 4 is 29.9 Å². The maximum absolute atomic E-state index is 9.96. The number of nitrogens with zero attached hydrogens (tertiary/aromatic N) is 1. The van der Waals surface area contributed by atoms with E-state index in [9.17, 15) is 5.11 Å². The minimum atomic E-state index is 0. The molecule has 0 amide bonds. The number of aliphatic imine (C=N–C) groups is 1. The van der Waals surface area contributed by atoms with Crippen molar-refractivity contribution in [1.29, 1.82) is 0 Å². The van der Waals surface area contributed by atoms with E-state index in [1.54, 1.807) is 13.2 Å². The zero-order chi connectivity index (χ0) is 16.9. The van der Waals surface area contributed by atoms with Crippen molar-refractivity contribution in [2.75, 3.05) is 26.7 Å². The zero-order valence-electron chi connectivity index (χ0n) is 15.1. The van der Waals surface area contributed by atoms with E-state index in [0.717, 1.165) is 44.0 Å². The second kappa shape index (κ2) is 14.2. The molecular weight excluding hydrogens is 417 g/mol. The Morgan fingerprint density at radius 1 is 1.17 bits per heavy atom. The van der Waals surface area contributed by atoms with Gasteiger partial charge >= 0.3 is 0 Å². The van der Waals surface area contributed by atoms with Crippen molar-refractivity contribution < 1.29 is 9.84 Å². The molecule has 0 radical (unpaired) electrons. The van der Waals surface area contributed by atoms with Crippen LogP contribution in [-0.2, 0) is 6.42 Å². The number of phenolic OH excluding ortho intramolecular Hbond substituents is 1. The molecule has 0 aliphatic rings. The molecule has 0 bridgehead atoms. The first-order valence-electron chi connectivity index (χ1n) is 8.59. The van der Waals surface area contributed by atoms with E-state index in [1.165, 1.54) is 19.3 Å². The summed E-state index contributed by atoms with van der Waals surface area (Å²) in [5.74, 6) is 1.78. The van der Waals surface area contributed by atoms with E-state index in [1.807, 2.05) is 12.1 Å². The number of halogens is 1. The second-order valence-electron chi connectivity index (χ2n) is 5.49. The summed E-state index contributed by atoms with van der Waals surface area (Å²) in [5, 5.41) is 16.5. The van der Waals surface area contributed by atoms with Crippen LogP contribution >= 0.6 is 24.0 Å². The fourth-order valence-corrected chi connectivity index (χ4v) is 2.27. The molecule has 0 fully saturated rings. The van der Waals surface area contributed by atoms with Gasteiger partial charge in [-0.3, -0.25) is 4.99 Å². The van der Waals surface area contributed by atoms with Gasteiger partial charge in [0.05, 0.1) is 7.11 Å². The summed E-state index contributed by atoms with van der Waals surface area (Å²) >= 11 is 0. The van der Waals surface area contributed by atoms with Gasteiger partial charge in [0.1, 0.15) is 11.5 Å². The molecule has 1 aromatic carbocycles. The third-order valence-corrected chi connectivity index (χ3v) is 3.61. The average molecular weight is 449 g/mol. The van der Waals surface area contributed by atoms with E-state index >= 15 is 0 Å². The number of hydrogen-bond acceptors (Lipinski definition) is 3. The second-order valence-corrected chi connectivity index (χ2v) is 5.49. The van der Waals surface area contributed by atoms with Crippen molar-refractivity contribution in [3.63, 3.8) is 0 Å². The van der Waals surface area contributed by atoms with Crippen LogP contribution in [0, 0.1) is 0 Å². The molecule has 3 N–H and O–H groups in total. The van der Waals surface area contributed by atoms with Gasteiger partial charge in [-0.15, -0.1) is 24.0 Å². The molecule has 0 aromatic heterocycles. The van der Waals surface area contributed by atoms with Crippen LogP contribution in [-0.4, -0.2) is 37.8 Å². The molecule has 0 saturated heterocycles. The number of rotatable bonds is 10. The molecule has 1 rings (SSSR count). The standard InChI is InChI=1S/C18H31N3O2.HI/c1-4-6-7-8-12-20-18(19-5-2)21-13-11-15-9-10-16(23-3)14-17(15)22;/h9-10,14,22H,4-8,11-13H2,1-3H3,(H2,19,20,21);1H. The number of aromatic hydroxyl groups is 1. The number of nitrogens with one attached hydrogen (secondary N) is 2. The van der Waals surface area contributed by atoms with E-state index in [0.29, 0.717) is 5.75 Å². The van der Waals surface area contributed by atoms with Crippen LogP contribution in [0.3, 0.4) is 0 Å². The van der Waals surface area contributed by atoms with Crippen molar-refractivity contribution in [2.45, 2.75) is 46.0 Å². The Morgan fingerprint density at radius 3 is 2.58 bits per heavy atom. The lowest BCUT2D eigenvalue weighted by Gasteiger charge is -2.12. The van der Waals surface area contributed by atoms with Crippen LogP contribution in [0.15, 0.2) is 23.2 Å². The molecule has 5 nitrogen and oxygen atoms in total. The number of unbranched alkanes of at least 4 members (excludes halogenated alkanes) is 3. The molecule has 6 heteroatoms. The lowest BCUT2D eigenvalue weighted by atomic mass is 10.1. The quantitative estimate of drug-likeness (QED) is 0.221. The van der Waals surface area contributed by atoms with Crippen LogP contribution in [0.1, 0.15) is 45.1 Å². The van der Waals surface area contributed by atoms with Gasteiger partial charge in [0.2, 0.25) is 0 Å². The molecule has 24 heavy (non-hydrogen) atoms. The fraction of sp³-hybridized carbons (Fsp3) is 0.611. The van der Waals surface area contributed by atoms with E-state index < -0.39 is 0 Å². The first-order chi connectivity index (χ1) is 11.2. The number of hydrogen-bond donors (Lipinski definition) is 3. The van der Waals surface area contributed by atoms with Crippen LogP contribution in [0.2, 0.25) is 0 Å². The lowest BCUT2D eigenvalue weighted by molar-refractivity contribution is 0.406. The first-order valence-corrected chi connectivity index (χ1v) is 8.59. The maximum Gasteiger partial charge on any atom is 0.191 e. The van der Waals surface area contributed by atoms with Gasteiger partial charge in [0.15, 0.2) is 5.96 Å². The molecule has 0 saturated carbocycles. The minimum Gasteiger partial charge on any atom is -0.508 e. The molecule has 138 valence electrons. The average Bonchev–Trinajstić information content (AvgIpc) is 2.56. The molecule has 0 spiro atoms. The van der Waals surface area contributed by atoms with Crippen LogP contribution in [0.4, 0.5) is 0 Å². The summed E-state index contributed by atoms with van der Waals surface area (Å²) in [7, 11) is 1.59. The van der Waals surface area contributed by atoms with Gasteiger partial charge < -0.3 is 20.5 Å². The number of phenols is 1. The first kappa shape index (κ1) is 22.8. The smallest absolute Gasteiger partial charge is 0.191 e. The largest absolute Gasteiger partial charge is 0.508 e. The Bertz CT molecular complexity index is 481. The van der Waals surface area contributed by atoms with Crippen molar-refractivity contribution in [1.82, 2.24) is 10.6 Å². The number of guanidine groups is 1. The van der Waals surface area contributed by atoms with Gasteiger partial charge in [-0.1, -0.05) is 32.3 Å². The summed E-state index contributed by atoms with van der Waals surface area (Å²) in [5.41, 5.74) is 0.900. The van der Waals surface area contributed by atoms with Crippen molar-refractivity contribution in [3.8, 4) is 11.5 Å². The van der Waals surface area contributed by atoms with Crippen molar-refractivity contribution in [3.05, 3.63) is 23.8 Å². The monoisotopic (exact) mass is 449 g/mol. The van der Waals surface area contributed by atoms with Crippen LogP contribution in [0.5, 0.6) is 11.5 Å². The summed E-state index contributed by atoms with van der Waals surface area (Å²) in [6, 6.07) is 5.40. The Kier molecular flexibility index (Phi) is 13.5. The Hall–Kier alpha value is -1.18. The van der Waals surface area contributed by atoms with Crippen LogP contribution < -0.4 is 15.4 Å². The third-order valence-electron chi connectivity index (χ3n) is 3.61. The molecule has 0 aliphatic carbocycles. The molecule has 0 unspecified atom stereocenters.